The fraction of sp³-hybridized carbons (Fsp3) is 0.947. The average Bonchev–Trinajstić information content (AvgIpc) is 2.33. The molecule has 0 saturated carbocycles. The van der Waals surface area contributed by atoms with Gasteiger partial charge in [-0.2, -0.15) is 0 Å². The monoisotopic (exact) mass is 296 g/mol. The maximum Gasteiger partial charge on any atom is 0.312 e. The van der Waals surface area contributed by atoms with Gasteiger partial charge in [-0.15, -0.1) is 0 Å². The van der Waals surface area contributed by atoms with Crippen LogP contribution in [0.2, 0.25) is 0 Å². The largest absolute Gasteiger partial charge is 0.461 e. The Hall–Kier alpha value is -0.530. The van der Waals surface area contributed by atoms with Gasteiger partial charge in [0.1, 0.15) is 6.10 Å². The van der Waals surface area contributed by atoms with Crippen molar-refractivity contribution in [3.63, 3.8) is 0 Å². The minimum atomic E-state index is -0.0182. The fourth-order valence-electron chi connectivity index (χ4n) is 4.25. The molecular formula is C19H36O2. The predicted molar refractivity (Wildman–Crippen MR) is 89.0 cm³/mol. The van der Waals surface area contributed by atoms with Gasteiger partial charge in [-0.25, -0.2) is 0 Å². The lowest BCUT2D eigenvalue weighted by Crippen LogP contribution is -2.47. The molecular weight excluding hydrogens is 260 g/mol. The lowest BCUT2D eigenvalue weighted by Gasteiger charge is -2.38. The van der Waals surface area contributed by atoms with Crippen LogP contribution in [0.15, 0.2) is 0 Å². The molecule has 0 N–H and O–H groups in total. The normalized spacial score (nSPS) is 27.7. The molecule has 0 bridgehead atoms. The molecule has 21 heavy (non-hydrogen) atoms. The highest BCUT2D eigenvalue weighted by molar-refractivity contribution is 5.78. The van der Waals surface area contributed by atoms with Crippen LogP contribution in [0.5, 0.6) is 0 Å². The van der Waals surface area contributed by atoms with Gasteiger partial charge in [0.15, 0.2) is 0 Å². The summed E-state index contributed by atoms with van der Waals surface area (Å²) < 4.78 is 5.29. The Labute approximate surface area is 132 Å². The Kier molecular flexibility index (Phi) is 7.23. The number of ether oxygens (including phenoxy) is 1. The van der Waals surface area contributed by atoms with Crippen molar-refractivity contribution in [2.24, 2.45) is 35.5 Å². The van der Waals surface area contributed by atoms with Gasteiger partial charge in [0.05, 0.1) is 5.92 Å². The van der Waals surface area contributed by atoms with Crippen LogP contribution < -0.4 is 0 Å². The summed E-state index contributed by atoms with van der Waals surface area (Å²) in [6.07, 6.45) is 5.30. The molecule has 0 aliphatic carbocycles. The second kappa shape index (κ2) is 8.19. The SMILES string of the molecule is CC(C)C[C@H](C)C[C@H](C)C[C@H](C)C[C@@H](C)[C@H]1OC(=O)[C@@H]1C. The van der Waals surface area contributed by atoms with Gasteiger partial charge < -0.3 is 4.74 Å². The summed E-state index contributed by atoms with van der Waals surface area (Å²) in [5, 5.41) is 0. The van der Waals surface area contributed by atoms with E-state index in [4.69, 9.17) is 4.74 Å². The van der Waals surface area contributed by atoms with Crippen LogP contribution in [0.4, 0.5) is 0 Å². The van der Waals surface area contributed by atoms with E-state index in [9.17, 15) is 4.79 Å². The molecule has 2 nitrogen and oxygen atoms in total. The quantitative estimate of drug-likeness (QED) is 0.539. The van der Waals surface area contributed by atoms with Gasteiger partial charge in [-0.1, -0.05) is 41.5 Å². The minimum absolute atomic E-state index is 0.0182. The first-order valence-electron chi connectivity index (χ1n) is 8.91. The highest BCUT2D eigenvalue weighted by Gasteiger charge is 2.42. The second-order valence-corrected chi connectivity index (χ2v) is 8.32. The number of carbonyl (C=O) groups is 1. The zero-order chi connectivity index (χ0) is 16.2. The number of carbonyl (C=O) groups excluding carboxylic acids is 1. The maximum absolute atomic E-state index is 11.2. The van der Waals surface area contributed by atoms with Gasteiger partial charge >= 0.3 is 5.97 Å². The third-order valence-electron chi connectivity index (χ3n) is 4.94. The Balaban J connectivity index is 2.26. The highest BCUT2D eigenvalue weighted by atomic mass is 16.6. The summed E-state index contributed by atoms with van der Waals surface area (Å²) >= 11 is 0. The molecule has 1 rings (SSSR count). The summed E-state index contributed by atoms with van der Waals surface area (Å²) in [6, 6.07) is 0. The molecule has 0 amide bonds. The molecule has 0 unspecified atom stereocenters. The summed E-state index contributed by atoms with van der Waals surface area (Å²) in [6.45, 7) is 16.0. The first-order chi connectivity index (χ1) is 9.70. The van der Waals surface area contributed by atoms with E-state index in [2.05, 4.69) is 41.5 Å². The first-order valence-corrected chi connectivity index (χ1v) is 8.91. The van der Waals surface area contributed by atoms with E-state index in [1.165, 1.54) is 25.7 Å². The Morgan fingerprint density at radius 3 is 1.76 bits per heavy atom. The van der Waals surface area contributed by atoms with Crippen molar-refractivity contribution in [3.8, 4) is 0 Å². The molecule has 1 aliphatic heterocycles. The minimum Gasteiger partial charge on any atom is -0.461 e. The van der Waals surface area contributed by atoms with Gasteiger partial charge in [0.25, 0.3) is 0 Å². The van der Waals surface area contributed by atoms with Crippen molar-refractivity contribution < 1.29 is 9.53 Å². The lowest BCUT2D eigenvalue weighted by molar-refractivity contribution is -0.189. The average molecular weight is 296 g/mol. The maximum atomic E-state index is 11.2. The number of cyclic esters (lactones) is 1. The van der Waals surface area contributed by atoms with Crippen LogP contribution in [0.25, 0.3) is 0 Å². The van der Waals surface area contributed by atoms with E-state index in [-0.39, 0.29) is 18.0 Å². The molecule has 1 aliphatic rings. The molecule has 124 valence electrons. The molecule has 0 aromatic rings. The molecule has 6 atom stereocenters. The van der Waals surface area contributed by atoms with Gasteiger partial charge in [0.2, 0.25) is 0 Å². The van der Waals surface area contributed by atoms with Gasteiger partial charge in [-0.05, 0) is 62.2 Å². The molecule has 0 radical (unpaired) electrons. The van der Waals surface area contributed by atoms with Crippen LogP contribution in [-0.2, 0) is 9.53 Å². The van der Waals surface area contributed by atoms with Crippen molar-refractivity contribution in [3.05, 3.63) is 0 Å². The molecule has 1 saturated heterocycles. The summed E-state index contributed by atoms with van der Waals surface area (Å²) in [5.74, 6) is 3.73. The summed E-state index contributed by atoms with van der Waals surface area (Å²) in [7, 11) is 0. The highest BCUT2D eigenvalue weighted by Crippen LogP contribution is 2.33. The Morgan fingerprint density at radius 1 is 0.857 bits per heavy atom. The number of rotatable bonds is 9. The fourth-order valence-corrected chi connectivity index (χ4v) is 4.25. The Morgan fingerprint density at radius 2 is 1.33 bits per heavy atom. The van der Waals surface area contributed by atoms with E-state index in [1.807, 2.05) is 6.92 Å². The van der Waals surface area contributed by atoms with E-state index in [0.717, 1.165) is 17.8 Å². The van der Waals surface area contributed by atoms with E-state index < -0.39 is 0 Å². The number of esters is 1. The summed E-state index contributed by atoms with van der Waals surface area (Å²) in [4.78, 5) is 11.2. The molecule has 0 spiro atoms. The van der Waals surface area contributed by atoms with Gasteiger partial charge in [0, 0.05) is 0 Å². The number of hydrogen-bond acceptors (Lipinski definition) is 2. The Bertz CT molecular complexity index is 324. The smallest absolute Gasteiger partial charge is 0.312 e. The van der Waals surface area contributed by atoms with Crippen LogP contribution in [0.1, 0.15) is 74.1 Å². The first kappa shape index (κ1) is 18.5. The molecule has 0 aromatic heterocycles. The zero-order valence-electron chi connectivity index (χ0n) is 15.2. The van der Waals surface area contributed by atoms with Crippen LogP contribution in [-0.4, -0.2) is 12.1 Å². The van der Waals surface area contributed by atoms with E-state index in [1.54, 1.807) is 0 Å². The molecule has 2 heteroatoms. The van der Waals surface area contributed by atoms with Crippen molar-refractivity contribution >= 4 is 5.97 Å². The summed E-state index contributed by atoms with van der Waals surface area (Å²) in [5.41, 5.74) is 0. The lowest BCUT2D eigenvalue weighted by atomic mass is 9.80. The predicted octanol–water partition coefficient (Wildman–Crippen LogP) is 5.31. The van der Waals surface area contributed by atoms with Crippen molar-refractivity contribution in [1.29, 1.82) is 0 Å². The molecule has 0 aromatic carbocycles. The topological polar surface area (TPSA) is 26.3 Å². The van der Waals surface area contributed by atoms with Crippen molar-refractivity contribution in [2.45, 2.75) is 80.3 Å². The third kappa shape index (κ3) is 6.00. The molecule has 1 fully saturated rings. The second-order valence-electron chi connectivity index (χ2n) is 8.32. The van der Waals surface area contributed by atoms with E-state index in [0.29, 0.717) is 11.8 Å². The van der Waals surface area contributed by atoms with Gasteiger partial charge in [-0.3, -0.25) is 4.79 Å². The van der Waals surface area contributed by atoms with E-state index >= 15 is 0 Å². The standard InChI is InChI=1S/C19H36O2/c1-12(2)8-13(3)9-14(4)10-15(5)11-16(6)18-17(7)19(20)21-18/h12-18H,8-11H2,1-7H3/t13-,14-,15-,16+,17+,18+/m0/s1. The van der Waals surface area contributed by atoms with Crippen LogP contribution >= 0.6 is 0 Å². The van der Waals surface area contributed by atoms with Crippen molar-refractivity contribution in [1.82, 2.24) is 0 Å². The zero-order valence-corrected chi connectivity index (χ0v) is 15.2. The molecule has 1 heterocycles. The van der Waals surface area contributed by atoms with Crippen LogP contribution in [0, 0.1) is 35.5 Å². The van der Waals surface area contributed by atoms with Crippen LogP contribution in [0.3, 0.4) is 0 Å². The van der Waals surface area contributed by atoms with Crippen molar-refractivity contribution in [2.75, 3.05) is 0 Å². The number of hydrogen-bond donors (Lipinski definition) is 0. The third-order valence-corrected chi connectivity index (χ3v) is 4.94.